The maximum Gasteiger partial charge on any atom is 0.271 e. The van der Waals surface area contributed by atoms with Crippen molar-refractivity contribution < 1.29 is 14.7 Å². The lowest BCUT2D eigenvalue weighted by Crippen LogP contribution is -2.31. The molecular weight excluding hydrogens is 272 g/mol. The SMILES string of the molecule is Cc1c(C2=N[C@@H](C(=O)NO)CO2)cnn1-c1ccccc1. The van der Waals surface area contributed by atoms with Crippen molar-refractivity contribution in [2.45, 2.75) is 13.0 Å². The summed E-state index contributed by atoms with van der Waals surface area (Å²) in [6, 6.07) is 8.96. The van der Waals surface area contributed by atoms with Gasteiger partial charge in [-0.25, -0.2) is 15.2 Å². The van der Waals surface area contributed by atoms with Gasteiger partial charge in [-0.15, -0.1) is 0 Å². The maximum absolute atomic E-state index is 11.3. The molecule has 1 aromatic heterocycles. The predicted molar refractivity (Wildman–Crippen MR) is 74.5 cm³/mol. The Balaban J connectivity index is 1.92. The van der Waals surface area contributed by atoms with E-state index in [4.69, 9.17) is 9.94 Å². The van der Waals surface area contributed by atoms with Crippen molar-refractivity contribution in [3.05, 3.63) is 47.8 Å². The van der Waals surface area contributed by atoms with E-state index < -0.39 is 11.9 Å². The summed E-state index contributed by atoms with van der Waals surface area (Å²) in [5.74, 6) is -0.221. The van der Waals surface area contributed by atoms with Crippen LogP contribution in [0.4, 0.5) is 0 Å². The molecule has 1 aliphatic rings. The zero-order valence-corrected chi connectivity index (χ0v) is 11.4. The number of hydrogen-bond acceptors (Lipinski definition) is 5. The zero-order chi connectivity index (χ0) is 14.8. The molecule has 3 rings (SSSR count). The molecule has 1 atom stereocenters. The normalized spacial score (nSPS) is 17.2. The van der Waals surface area contributed by atoms with Gasteiger partial charge >= 0.3 is 0 Å². The topological polar surface area (TPSA) is 88.7 Å². The first kappa shape index (κ1) is 13.3. The Morgan fingerprint density at radius 1 is 1.43 bits per heavy atom. The van der Waals surface area contributed by atoms with Crippen molar-refractivity contribution in [2.75, 3.05) is 6.61 Å². The highest BCUT2D eigenvalue weighted by Gasteiger charge is 2.28. The molecule has 1 aliphatic heterocycles. The van der Waals surface area contributed by atoms with Crippen LogP contribution in [0.3, 0.4) is 0 Å². The van der Waals surface area contributed by atoms with Gasteiger partial charge in [0.25, 0.3) is 5.91 Å². The van der Waals surface area contributed by atoms with E-state index in [1.54, 1.807) is 16.4 Å². The lowest BCUT2D eigenvalue weighted by molar-refractivity contribution is -0.130. The number of hydroxylamine groups is 1. The molecule has 21 heavy (non-hydrogen) atoms. The van der Waals surface area contributed by atoms with Gasteiger partial charge < -0.3 is 4.74 Å². The van der Waals surface area contributed by atoms with Crippen LogP contribution in [0.5, 0.6) is 0 Å². The van der Waals surface area contributed by atoms with E-state index in [9.17, 15) is 4.79 Å². The number of para-hydroxylation sites is 1. The summed E-state index contributed by atoms with van der Waals surface area (Å²) in [5.41, 5.74) is 4.11. The third-order valence-corrected chi connectivity index (χ3v) is 3.30. The molecule has 1 amide bonds. The summed E-state index contributed by atoms with van der Waals surface area (Å²) in [6.07, 6.45) is 1.65. The van der Waals surface area contributed by atoms with E-state index in [0.29, 0.717) is 5.90 Å². The zero-order valence-electron chi connectivity index (χ0n) is 11.4. The van der Waals surface area contributed by atoms with E-state index in [2.05, 4.69) is 10.1 Å². The van der Waals surface area contributed by atoms with Gasteiger partial charge in [-0.1, -0.05) is 18.2 Å². The molecule has 0 spiro atoms. The minimum Gasteiger partial charge on any atom is -0.475 e. The number of aromatic nitrogens is 2. The smallest absolute Gasteiger partial charge is 0.271 e. The van der Waals surface area contributed by atoms with Crippen LogP contribution >= 0.6 is 0 Å². The summed E-state index contributed by atoms with van der Waals surface area (Å²) in [6.45, 7) is 2.01. The molecule has 2 aromatic rings. The van der Waals surface area contributed by atoms with Crippen LogP contribution in [-0.2, 0) is 9.53 Å². The number of benzene rings is 1. The Kier molecular flexibility index (Phi) is 3.41. The molecular formula is C14H14N4O3. The number of carbonyl (C=O) groups excluding carboxylic acids is 1. The van der Waals surface area contributed by atoms with Gasteiger partial charge in [0.15, 0.2) is 6.04 Å². The first-order valence-electron chi connectivity index (χ1n) is 6.45. The summed E-state index contributed by atoms with van der Waals surface area (Å²) < 4.78 is 7.21. The number of nitrogens with one attached hydrogen (secondary N) is 1. The van der Waals surface area contributed by atoms with Crippen LogP contribution in [0, 0.1) is 6.92 Å². The van der Waals surface area contributed by atoms with Crippen molar-refractivity contribution >= 4 is 11.8 Å². The third-order valence-electron chi connectivity index (χ3n) is 3.30. The Morgan fingerprint density at radius 3 is 2.90 bits per heavy atom. The van der Waals surface area contributed by atoms with Gasteiger partial charge in [0.1, 0.15) is 6.61 Å². The third kappa shape index (κ3) is 2.38. The molecule has 0 saturated carbocycles. The average Bonchev–Trinajstić information content (AvgIpc) is 3.14. The molecule has 2 heterocycles. The van der Waals surface area contributed by atoms with Crippen molar-refractivity contribution in [3.63, 3.8) is 0 Å². The number of amides is 1. The Morgan fingerprint density at radius 2 is 2.19 bits per heavy atom. The second-order valence-corrected chi connectivity index (χ2v) is 4.63. The van der Waals surface area contributed by atoms with Crippen molar-refractivity contribution in [3.8, 4) is 5.69 Å². The Hall–Kier alpha value is -2.67. The fourth-order valence-electron chi connectivity index (χ4n) is 2.18. The van der Waals surface area contributed by atoms with Gasteiger partial charge in [-0.3, -0.25) is 10.0 Å². The van der Waals surface area contributed by atoms with Gasteiger partial charge in [0.05, 0.1) is 23.1 Å². The van der Waals surface area contributed by atoms with Crippen molar-refractivity contribution in [2.24, 2.45) is 4.99 Å². The number of ether oxygens (including phenoxy) is 1. The van der Waals surface area contributed by atoms with Gasteiger partial charge in [0, 0.05) is 0 Å². The second-order valence-electron chi connectivity index (χ2n) is 4.63. The van der Waals surface area contributed by atoms with Gasteiger partial charge in [0.2, 0.25) is 5.90 Å². The van der Waals surface area contributed by atoms with Crippen LogP contribution in [-0.4, -0.2) is 39.4 Å². The summed E-state index contributed by atoms with van der Waals surface area (Å²) in [4.78, 5) is 15.5. The van der Waals surface area contributed by atoms with Gasteiger partial charge in [-0.05, 0) is 19.1 Å². The van der Waals surface area contributed by atoms with E-state index in [1.807, 2.05) is 37.3 Å². The summed E-state index contributed by atoms with van der Waals surface area (Å²) in [5, 5.41) is 12.9. The molecule has 108 valence electrons. The molecule has 0 aliphatic carbocycles. The van der Waals surface area contributed by atoms with Crippen LogP contribution in [0.25, 0.3) is 5.69 Å². The molecule has 0 fully saturated rings. The van der Waals surface area contributed by atoms with Crippen molar-refractivity contribution in [1.29, 1.82) is 0 Å². The predicted octanol–water partition coefficient (Wildman–Crippen LogP) is 0.832. The van der Waals surface area contributed by atoms with E-state index in [-0.39, 0.29) is 6.61 Å². The molecule has 7 heteroatoms. The summed E-state index contributed by atoms with van der Waals surface area (Å²) in [7, 11) is 0. The molecule has 0 radical (unpaired) electrons. The van der Waals surface area contributed by atoms with Gasteiger partial charge in [-0.2, -0.15) is 5.10 Å². The number of nitrogens with zero attached hydrogens (tertiary/aromatic N) is 3. The fraction of sp³-hybridized carbons (Fsp3) is 0.214. The van der Waals surface area contributed by atoms with E-state index in [1.165, 1.54) is 0 Å². The number of carbonyl (C=O) groups is 1. The molecule has 0 saturated heterocycles. The highest BCUT2D eigenvalue weighted by atomic mass is 16.5. The maximum atomic E-state index is 11.3. The number of hydrogen-bond donors (Lipinski definition) is 2. The number of rotatable bonds is 3. The highest BCUT2D eigenvalue weighted by Crippen LogP contribution is 2.18. The Labute approximate surface area is 120 Å². The molecule has 0 unspecified atom stereocenters. The first-order valence-corrected chi connectivity index (χ1v) is 6.45. The van der Waals surface area contributed by atoms with E-state index in [0.717, 1.165) is 16.9 Å². The standard InChI is InChI=1S/C14H14N4O3/c1-9-11(14-16-12(8-21-14)13(19)17-20)7-15-18(9)10-5-3-2-4-6-10/h2-7,12,20H,8H2,1H3,(H,17,19)/t12-/m1/s1. The lowest BCUT2D eigenvalue weighted by atomic mass is 10.2. The lowest BCUT2D eigenvalue weighted by Gasteiger charge is -2.05. The minimum atomic E-state index is -0.732. The van der Waals surface area contributed by atoms with Crippen LogP contribution in [0.1, 0.15) is 11.3 Å². The monoisotopic (exact) mass is 286 g/mol. The first-order chi connectivity index (χ1) is 10.2. The fourth-order valence-corrected chi connectivity index (χ4v) is 2.18. The average molecular weight is 286 g/mol. The van der Waals surface area contributed by atoms with Crippen LogP contribution in [0.15, 0.2) is 41.5 Å². The summed E-state index contributed by atoms with van der Waals surface area (Å²) >= 11 is 0. The highest BCUT2D eigenvalue weighted by molar-refractivity contribution is 5.98. The number of aliphatic imine (C=N–C) groups is 1. The van der Waals surface area contributed by atoms with E-state index >= 15 is 0 Å². The quantitative estimate of drug-likeness (QED) is 0.646. The largest absolute Gasteiger partial charge is 0.475 e. The van der Waals surface area contributed by atoms with Crippen LogP contribution in [0.2, 0.25) is 0 Å². The van der Waals surface area contributed by atoms with Crippen LogP contribution < -0.4 is 5.48 Å². The second kappa shape index (κ2) is 5.37. The molecule has 2 N–H and O–H groups in total. The van der Waals surface area contributed by atoms with Crippen molar-refractivity contribution in [1.82, 2.24) is 15.3 Å². The molecule has 7 nitrogen and oxygen atoms in total. The molecule has 1 aromatic carbocycles. The minimum absolute atomic E-state index is 0.109. The molecule has 0 bridgehead atoms. The Bertz CT molecular complexity index is 693.